The van der Waals surface area contributed by atoms with Gasteiger partial charge in [0.1, 0.15) is 11.9 Å². The van der Waals surface area contributed by atoms with Gasteiger partial charge in [0.25, 0.3) is 0 Å². The third-order valence-corrected chi connectivity index (χ3v) is 3.56. The number of hydrogen-bond donors (Lipinski definition) is 1. The molecule has 0 unspecified atom stereocenters. The van der Waals surface area contributed by atoms with E-state index < -0.39 is 4.92 Å². The van der Waals surface area contributed by atoms with Crippen molar-refractivity contribution in [1.82, 2.24) is 4.98 Å². The molecule has 0 saturated heterocycles. The van der Waals surface area contributed by atoms with Crippen molar-refractivity contribution >= 4 is 27.3 Å². The van der Waals surface area contributed by atoms with Crippen LogP contribution in [0.3, 0.4) is 0 Å². The highest BCUT2D eigenvalue weighted by atomic mass is 79.9. The van der Waals surface area contributed by atoms with Crippen LogP contribution in [-0.4, -0.2) is 23.0 Å². The summed E-state index contributed by atoms with van der Waals surface area (Å²) in [6.45, 7) is 1.46. The van der Waals surface area contributed by atoms with Crippen molar-refractivity contribution in [2.45, 2.75) is 6.54 Å². The molecule has 1 aromatic heterocycles. The van der Waals surface area contributed by atoms with Crippen LogP contribution in [0.1, 0.15) is 5.56 Å². The molecular weight excluding hydrogens is 336 g/mol. The van der Waals surface area contributed by atoms with E-state index in [-0.39, 0.29) is 5.69 Å². The summed E-state index contributed by atoms with van der Waals surface area (Å²) in [7, 11) is 0. The Morgan fingerprint density at radius 3 is 2.62 bits per heavy atom. The van der Waals surface area contributed by atoms with E-state index in [4.69, 9.17) is 5.73 Å². The summed E-state index contributed by atoms with van der Waals surface area (Å²) in [5, 5.41) is 11.2. The minimum absolute atomic E-state index is 0.0336. The van der Waals surface area contributed by atoms with E-state index in [0.717, 1.165) is 5.56 Å². The monoisotopic (exact) mass is 350 g/mol. The second-order valence-electron chi connectivity index (χ2n) is 4.44. The molecule has 0 amide bonds. The molecule has 0 radical (unpaired) electrons. The zero-order valence-electron chi connectivity index (χ0n) is 11.3. The molecule has 1 heterocycles. The zero-order valence-corrected chi connectivity index (χ0v) is 12.9. The zero-order chi connectivity index (χ0) is 15.2. The van der Waals surface area contributed by atoms with Crippen LogP contribution in [0.5, 0.6) is 0 Å². The quantitative estimate of drug-likeness (QED) is 0.639. The summed E-state index contributed by atoms with van der Waals surface area (Å²) in [5.74, 6) is 0. The van der Waals surface area contributed by atoms with Crippen LogP contribution in [0.4, 0.5) is 11.4 Å². The number of pyridine rings is 1. The first-order chi connectivity index (χ1) is 10.1. The molecule has 0 bridgehead atoms. The fourth-order valence-corrected chi connectivity index (χ4v) is 2.67. The molecule has 0 aliphatic carbocycles. The normalized spacial score (nSPS) is 10.4. The second-order valence-corrected chi connectivity index (χ2v) is 5.30. The standard InChI is InChI=1S/C14H15BrN4O2/c15-12-8-17-9-13(19(20)21)14(12)18(7-6-16)10-11-4-2-1-3-5-11/h1-5,8-9H,6-7,10,16H2. The van der Waals surface area contributed by atoms with Crippen LogP contribution < -0.4 is 10.6 Å². The molecular formula is C14H15BrN4O2. The number of hydrogen-bond acceptors (Lipinski definition) is 5. The molecule has 21 heavy (non-hydrogen) atoms. The fraction of sp³-hybridized carbons (Fsp3) is 0.214. The van der Waals surface area contributed by atoms with Gasteiger partial charge in [0.15, 0.2) is 0 Å². The van der Waals surface area contributed by atoms with Crippen LogP contribution >= 0.6 is 15.9 Å². The predicted octanol–water partition coefficient (Wildman–Crippen LogP) is 2.72. The first-order valence-corrected chi connectivity index (χ1v) is 7.19. The molecule has 2 rings (SSSR count). The fourth-order valence-electron chi connectivity index (χ4n) is 2.09. The number of aromatic nitrogens is 1. The van der Waals surface area contributed by atoms with Gasteiger partial charge in [-0.3, -0.25) is 15.1 Å². The molecule has 0 saturated carbocycles. The summed E-state index contributed by atoms with van der Waals surface area (Å²) in [4.78, 5) is 16.6. The van der Waals surface area contributed by atoms with Crippen molar-refractivity contribution in [3.8, 4) is 0 Å². The molecule has 7 heteroatoms. The lowest BCUT2D eigenvalue weighted by Crippen LogP contribution is -2.30. The first-order valence-electron chi connectivity index (χ1n) is 6.40. The number of rotatable bonds is 6. The number of nitrogens with two attached hydrogens (primary N) is 1. The average Bonchev–Trinajstić information content (AvgIpc) is 2.47. The van der Waals surface area contributed by atoms with Gasteiger partial charge in [-0.1, -0.05) is 30.3 Å². The lowest BCUT2D eigenvalue weighted by molar-refractivity contribution is -0.384. The molecule has 2 aromatic rings. The van der Waals surface area contributed by atoms with Gasteiger partial charge in [-0.2, -0.15) is 0 Å². The van der Waals surface area contributed by atoms with E-state index in [0.29, 0.717) is 29.8 Å². The van der Waals surface area contributed by atoms with Gasteiger partial charge in [-0.05, 0) is 21.5 Å². The van der Waals surface area contributed by atoms with Crippen molar-refractivity contribution in [2.75, 3.05) is 18.0 Å². The maximum Gasteiger partial charge on any atom is 0.311 e. The van der Waals surface area contributed by atoms with Crippen molar-refractivity contribution < 1.29 is 4.92 Å². The first kappa shape index (κ1) is 15.4. The number of nitrogens with zero attached hydrogens (tertiary/aromatic N) is 3. The number of halogens is 1. The van der Waals surface area contributed by atoms with Crippen LogP contribution in [0.2, 0.25) is 0 Å². The third kappa shape index (κ3) is 3.77. The lowest BCUT2D eigenvalue weighted by atomic mass is 10.2. The van der Waals surface area contributed by atoms with Crippen molar-refractivity contribution in [1.29, 1.82) is 0 Å². The Kier molecular flexibility index (Phi) is 5.24. The minimum Gasteiger partial charge on any atom is -0.359 e. The topological polar surface area (TPSA) is 85.3 Å². The van der Waals surface area contributed by atoms with Crippen LogP contribution in [-0.2, 0) is 6.54 Å². The molecule has 1 aromatic carbocycles. The molecule has 0 aliphatic heterocycles. The van der Waals surface area contributed by atoms with E-state index in [1.807, 2.05) is 35.2 Å². The molecule has 110 valence electrons. The van der Waals surface area contributed by atoms with Gasteiger partial charge in [0.2, 0.25) is 0 Å². The molecule has 0 aliphatic rings. The SMILES string of the molecule is NCCN(Cc1ccccc1)c1c(Br)cncc1[N+](=O)[O-]. The summed E-state index contributed by atoms with van der Waals surface area (Å²) in [6, 6.07) is 9.76. The van der Waals surface area contributed by atoms with E-state index >= 15 is 0 Å². The smallest absolute Gasteiger partial charge is 0.311 e. The Morgan fingerprint density at radius 2 is 2.00 bits per heavy atom. The lowest BCUT2D eigenvalue weighted by Gasteiger charge is -2.24. The van der Waals surface area contributed by atoms with Crippen LogP contribution in [0, 0.1) is 10.1 Å². The maximum atomic E-state index is 11.2. The van der Waals surface area contributed by atoms with E-state index in [1.165, 1.54) is 6.20 Å². The Bertz CT molecular complexity index is 622. The summed E-state index contributed by atoms with van der Waals surface area (Å²) < 4.78 is 0.584. The van der Waals surface area contributed by atoms with Gasteiger partial charge in [0.05, 0.1) is 9.40 Å². The Morgan fingerprint density at radius 1 is 1.29 bits per heavy atom. The van der Waals surface area contributed by atoms with Crippen molar-refractivity contribution in [2.24, 2.45) is 5.73 Å². The Balaban J connectivity index is 2.41. The molecule has 0 atom stereocenters. The minimum atomic E-state index is -0.429. The van der Waals surface area contributed by atoms with Crippen LogP contribution in [0.15, 0.2) is 47.2 Å². The third-order valence-electron chi connectivity index (χ3n) is 2.98. The second kappa shape index (κ2) is 7.14. The van der Waals surface area contributed by atoms with Gasteiger partial charge < -0.3 is 10.6 Å². The average molecular weight is 351 g/mol. The highest BCUT2D eigenvalue weighted by Gasteiger charge is 2.22. The summed E-state index contributed by atoms with van der Waals surface area (Å²) in [5.41, 5.74) is 7.18. The predicted molar refractivity (Wildman–Crippen MR) is 85.1 cm³/mol. The van der Waals surface area contributed by atoms with E-state index in [2.05, 4.69) is 20.9 Å². The summed E-state index contributed by atoms with van der Waals surface area (Å²) >= 11 is 3.35. The molecule has 2 N–H and O–H groups in total. The highest BCUT2D eigenvalue weighted by Crippen LogP contribution is 2.35. The largest absolute Gasteiger partial charge is 0.359 e. The number of anilines is 1. The number of nitro groups is 1. The summed E-state index contributed by atoms with van der Waals surface area (Å²) in [6.07, 6.45) is 2.81. The van der Waals surface area contributed by atoms with Crippen LogP contribution in [0.25, 0.3) is 0 Å². The van der Waals surface area contributed by atoms with Gasteiger partial charge in [-0.25, -0.2) is 0 Å². The number of benzene rings is 1. The van der Waals surface area contributed by atoms with E-state index in [9.17, 15) is 10.1 Å². The van der Waals surface area contributed by atoms with Gasteiger partial charge >= 0.3 is 5.69 Å². The molecule has 0 fully saturated rings. The highest BCUT2D eigenvalue weighted by molar-refractivity contribution is 9.10. The Labute approximate surface area is 130 Å². The van der Waals surface area contributed by atoms with E-state index in [1.54, 1.807) is 6.20 Å². The molecule has 0 spiro atoms. The van der Waals surface area contributed by atoms with Crippen molar-refractivity contribution in [3.63, 3.8) is 0 Å². The van der Waals surface area contributed by atoms with Crippen molar-refractivity contribution in [3.05, 3.63) is 62.9 Å². The van der Waals surface area contributed by atoms with Gasteiger partial charge in [0, 0.05) is 25.8 Å². The van der Waals surface area contributed by atoms with Gasteiger partial charge in [-0.15, -0.1) is 0 Å². The molecule has 6 nitrogen and oxygen atoms in total. The maximum absolute atomic E-state index is 11.2. The Hall–Kier alpha value is -1.99.